The van der Waals surface area contributed by atoms with Crippen LogP contribution in [-0.4, -0.2) is 24.2 Å². The Kier molecular flexibility index (Phi) is 5.56. The highest BCUT2D eigenvalue weighted by Gasteiger charge is 2.06. The molecule has 1 unspecified atom stereocenters. The van der Waals surface area contributed by atoms with Crippen LogP contribution in [-0.2, 0) is 0 Å². The molecule has 0 spiro atoms. The van der Waals surface area contributed by atoms with Crippen LogP contribution in [0.5, 0.6) is 5.88 Å². The lowest BCUT2D eigenvalue weighted by Crippen LogP contribution is -2.33. The second kappa shape index (κ2) is 6.71. The molecule has 4 heteroatoms. The summed E-state index contributed by atoms with van der Waals surface area (Å²) in [5.41, 5.74) is 0. The van der Waals surface area contributed by atoms with Gasteiger partial charge in [0.1, 0.15) is 11.6 Å². The topological polar surface area (TPSA) is 34.1 Å². The number of rotatable bonds is 6. The zero-order chi connectivity index (χ0) is 12.0. The van der Waals surface area contributed by atoms with Gasteiger partial charge in [0.25, 0.3) is 0 Å². The van der Waals surface area contributed by atoms with Gasteiger partial charge in [-0.1, -0.05) is 25.4 Å². The number of nitrogens with zero attached hydrogens (tertiary/aromatic N) is 1. The number of halogens is 1. The fraction of sp³-hybridized carbons (Fsp3) is 0.583. The maximum absolute atomic E-state index is 5.91. The van der Waals surface area contributed by atoms with Crippen molar-refractivity contribution in [1.82, 2.24) is 10.3 Å². The lowest BCUT2D eigenvalue weighted by atomic mass is 10.1. The predicted octanol–water partition coefficient (Wildman–Crippen LogP) is 2.75. The fourth-order valence-electron chi connectivity index (χ4n) is 1.15. The molecule has 0 saturated carbocycles. The summed E-state index contributed by atoms with van der Waals surface area (Å²) in [6.07, 6.45) is 1.67. The van der Waals surface area contributed by atoms with Gasteiger partial charge < -0.3 is 10.1 Å². The molecule has 1 heterocycles. The van der Waals surface area contributed by atoms with Gasteiger partial charge in [0.15, 0.2) is 0 Å². The SMILES string of the molecule is CC(C)C(C)NCCOc1ncccc1Cl. The highest BCUT2D eigenvalue weighted by atomic mass is 35.5. The largest absolute Gasteiger partial charge is 0.475 e. The third-order valence-corrected chi connectivity index (χ3v) is 2.82. The molecule has 0 aliphatic heterocycles. The monoisotopic (exact) mass is 242 g/mol. The molecule has 0 radical (unpaired) electrons. The van der Waals surface area contributed by atoms with Crippen LogP contribution in [0.15, 0.2) is 18.3 Å². The van der Waals surface area contributed by atoms with Crippen molar-refractivity contribution >= 4 is 11.6 Å². The average Bonchev–Trinajstić information content (AvgIpc) is 2.26. The minimum Gasteiger partial charge on any atom is -0.475 e. The Hall–Kier alpha value is -0.800. The number of ether oxygens (including phenoxy) is 1. The molecule has 0 saturated heterocycles. The Morgan fingerprint density at radius 3 is 2.81 bits per heavy atom. The van der Waals surface area contributed by atoms with Crippen LogP contribution in [0.3, 0.4) is 0 Å². The number of hydrogen-bond donors (Lipinski definition) is 1. The molecule has 90 valence electrons. The maximum Gasteiger partial charge on any atom is 0.232 e. The molecule has 1 atom stereocenters. The average molecular weight is 243 g/mol. The van der Waals surface area contributed by atoms with Crippen molar-refractivity contribution < 1.29 is 4.74 Å². The van der Waals surface area contributed by atoms with Crippen LogP contribution < -0.4 is 10.1 Å². The molecule has 0 amide bonds. The molecule has 1 N–H and O–H groups in total. The van der Waals surface area contributed by atoms with Crippen LogP contribution in [0.2, 0.25) is 5.02 Å². The molecule has 3 nitrogen and oxygen atoms in total. The second-order valence-corrected chi connectivity index (χ2v) is 4.53. The van der Waals surface area contributed by atoms with E-state index in [0.717, 1.165) is 6.54 Å². The predicted molar refractivity (Wildman–Crippen MR) is 67.0 cm³/mol. The minimum absolute atomic E-state index is 0.489. The van der Waals surface area contributed by atoms with Gasteiger partial charge in [-0.05, 0) is 25.0 Å². The van der Waals surface area contributed by atoms with Crippen molar-refractivity contribution in [2.45, 2.75) is 26.8 Å². The summed E-state index contributed by atoms with van der Waals surface area (Å²) >= 11 is 5.91. The van der Waals surface area contributed by atoms with E-state index in [1.165, 1.54) is 0 Å². The molecule has 1 aromatic heterocycles. The van der Waals surface area contributed by atoms with Crippen LogP contribution in [0.1, 0.15) is 20.8 Å². The molecule has 1 aromatic rings. The molecule has 0 bridgehead atoms. The number of nitrogens with one attached hydrogen (secondary N) is 1. The fourth-order valence-corrected chi connectivity index (χ4v) is 1.32. The van der Waals surface area contributed by atoms with Gasteiger partial charge in [-0.25, -0.2) is 4.98 Å². The first-order chi connectivity index (χ1) is 7.61. The Labute approximate surface area is 102 Å². The molecule has 1 rings (SSSR count). The van der Waals surface area contributed by atoms with Crippen molar-refractivity contribution in [2.75, 3.05) is 13.2 Å². The van der Waals surface area contributed by atoms with Crippen molar-refractivity contribution in [2.24, 2.45) is 5.92 Å². The summed E-state index contributed by atoms with van der Waals surface area (Å²) < 4.78 is 5.46. The quantitative estimate of drug-likeness (QED) is 0.779. The van der Waals surface area contributed by atoms with E-state index in [0.29, 0.717) is 29.5 Å². The second-order valence-electron chi connectivity index (χ2n) is 4.13. The number of pyridine rings is 1. The van der Waals surface area contributed by atoms with Crippen LogP contribution in [0.4, 0.5) is 0 Å². The summed E-state index contributed by atoms with van der Waals surface area (Å²) in [4.78, 5) is 4.05. The van der Waals surface area contributed by atoms with Crippen LogP contribution >= 0.6 is 11.6 Å². The van der Waals surface area contributed by atoms with Gasteiger partial charge in [0.05, 0.1) is 0 Å². The van der Waals surface area contributed by atoms with Gasteiger partial charge in [-0.15, -0.1) is 0 Å². The Bertz CT molecular complexity index is 318. The van der Waals surface area contributed by atoms with E-state index < -0.39 is 0 Å². The first-order valence-electron chi connectivity index (χ1n) is 5.58. The third-order valence-electron chi connectivity index (χ3n) is 2.53. The Morgan fingerprint density at radius 2 is 2.19 bits per heavy atom. The van der Waals surface area contributed by atoms with Gasteiger partial charge in [0, 0.05) is 18.8 Å². The van der Waals surface area contributed by atoms with E-state index in [2.05, 4.69) is 31.1 Å². The molecule has 0 aromatic carbocycles. The minimum atomic E-state index is 0.489. The standard InChI is InChI=1S/C12H19ClN2O/c1-9(2)10(3)14-7-8-16-12-11(13)5-4-6-15-12/h4-6,9-10,14H,7-8H2,1-3H3. The van der Waals surface area contributed by atoms with Crippen LogP contribution in [0, 0.1) is 5.92 Å². The zero-order valence-electron chi connectivity index (χ0n) is 10.0. The van der Waals surface area contributed by atoms with E-state index in [-0.39, 0.29) is 0 Å². The Balaban J connectivity index is 2.24. The summed E-state index contributed by atoms with van der Waals surface area (Å²) in [5.74, 6) is 1.13. The van der Waals surface area contributed by atoms with E-state index in [1.54, 1.807) is 18.3 Å². The lowest BCUT2D eigenvalue weighted by Gasteiger charge is -2.17. The van der Waals surface area contributed by atoms with E-state index in [9.17, 15) is 0 Å². The van der Waals surface area contributed by atoms with E-state index in [1.807, 2.05) is 0 Å². The molecular weight excluding hydrogens is 224 g/mol. The normalized spacial score (nSPS) is 12.8. The first kappa shape index (κ1) is 13.3. The van der Waals surface area contributed by atoms with Crippen molar-refractivity contribution in [3.05, 3.63) is 23.4 Å². The molecule has 0 fully saturated rings. The van der Waals surface area contributed by atoms with Gasteiger partial charge in [-0.2, -0.15) is 0 Å². The van der Waals surface area contributed by atoms with Gasteiger partial charge in [0.2, 0.25) is 5.88 Å². The Morgan fingerprint density at radius 1 is 1.44 bits per heavy atom. The molecule has 0 aliphatic rings. The summed E-state index contributed by atoms with van der Waals surface area (Å²) in [5, 5.41) is 3.93. The first-order valence-corrected chi connectivity index (χ1v) is 5.95. The zero-order valence-corrected chi connectivity index (χ0v) is 10.8. The van der Waals surface area contributed by atoms with E-state index >= 15 is 0 Å². The van der Waals surface area contributed by atoms with Gasteiger partial charge >= 0.3 is 0 Å². The van der Waals surface area contributed by atoms with Crippen molar-refractivity contribution in [3.63, 3.8) is 0 Å². The summed E-state index contributed by atoms with van der Waals surface area (Å²) in [7, 11) is 0. The van der Waals surface area contributed by atoms with Crippen molar-refractivity contribution in [1.29, 1.82) is 0 Å². The number of hydrogen-bond acceptors (Lipinski definition) is 3. The van der Waals surface area contributed by atoms with E-state index in [4.69, 9.17) is 16.3 Å². The maximum atomic E-state index is 5.91. The molecule has 0 aliphatic carbocycles. The number of aromatic nitrogens is 1. The highest BCUT2D eigenvalue weighted by Crippen LogP contribution is 2.19. The van der Waals surface area contributed by atoms with Gasteiger partial charge in [-0.3, -0.25) is 0 Å². The summed E-state index contributed by atoms with van der Waals surface area (Å²) in [6, 6.07) is 4.05. The van der Waals surface area contributed by atoms with Crippen LogP contribution in [0.25, 0.3) is 0 Å². The van der Waals surface area contributed by atoms with Crippen molar-refractivity contribution in [3.8, 4) is 5.88 Å². The summed E-state index contributed by atoms with van der Waals surface area (Å²) in [6.45, 7) is 7.92. The smallest absolute Gasteiger partial charge is 0.232 e. The third kappa shape index (κ3) is 4.37. The highest BCUT2D eigenvalue weighted by molar-refractivity contribution is 6.31. The molecular formula is C12H19ClN2O. The molecule has 16 heavy (non-hydrogen) atoms. The lowest BCUT2D eigenvalue weighted by molar-refractivity contribution is 0.287.